The fraction of sp³-hybridized carbons (Fsp3) is 0.471. The molecule has 2 aliphatic heterocycles. The number of carbonyl (C=O) groups excluding carboxylic acids is 1. The second kappa shape index (κ2) is 5.82. The Morgan fingerprint density at radius 3 is 2.74 bits per heavy atom. The fourth-order valence-electron chi connectivity index (χ4n) is 3.45. The number of likely N-dealkylation sites (tertiary alicyclic amines) is 1. The van der Waals surface area contributed by atoms with Crippen LogP contribution in [0, 0.1) is 0 Å². The Morgan fingerprint density at radius 1 is 1.26 bits per heavy atom. The highest BCUT2D eigenvalue weighted by atomic mass is 35.5. The number of halogens is 1. The van der Waals surface area contributed by atoms with Gasteiger partial charge < -0.3 is 19.4 Å². The zero-order valence-electron chi connectivity index (χ0n) is 12.8. The number of piperidine rings is 1. The van der Waals surface area contributed by atoms with Crippen molar-refractivity contribution in [1.29, 1.82) is 0 Å². The minimum absolute atomic E-state index is 0.138. The average Bonchev–Trinajstić information content (AvgIpc) is 3.16. The molecule has 0 bridgehead atoms. The van der Waals surface area contributed by atoms with E-state index >= 15 is 0 Å². The van der Waals surface area contributed by atoms with E-state index in [1.54, 1.807) is 0 Å². The number of rotatable bonds is 2. The van der Waals surface area contributed by atoms with Gasteiger partial charge in [-0.1, -0.05) is 11.6 Å². The molecule has 3 heterocycles. The van der Waals surface area contributed by atoms with Crippen molar-refractivity contribution < 1.29 is 14.3 Å². The Labute approximate surface area is 139 Å². The molecule has 0 unspecified atom stereocenters. The van der Waals surface area contributed by atoms with Gasteiger partial charge in [0.1, 0.15) is 0 Å². The Kier molecular flexibility index (Phi) is 3.79. The number of aromatic nitrogens is 1. The summed E-state index contributed by atoms with van der Waals surface area (Å²) >= 11 is 6.07. The molecule has 23 heavy (non-hydrogen) atoms. The summed E-state index contributed by atoms with van der Waals surface area (Å²) in [6, 6.07) is 5.68. The third-order valence-electron chi connectivity index (χ3n) is 4.76. The Balaban J connectivity index is 1.44. The maximum atomic E-state index is 12.6. The topological polar surface area (TPSA) is 54.6 Å². The van der Waals surface area contributed by atoms with Gasteiger partial charge in [-0.05, 0) is 23.8 Å². The van der Waals surface area contributed by atoms with Crippen LogP contribution in [0.3, 0.4) is 0 Å². The molecule has 2 fully saturated rings. The third kappa shape index (κ3) is 2.84. The van der Waals surface area contributed by atoms with E-state index in [9.17, 15) is 4.79 Å². The lowest BCUT2D eigenvalue weighted by Crippen LogP contribution is -2.47. The maximum absolute atomic E-state index is 12.6. The molecule has 1 aromatic carbocycles. The van der Waals surface area contributed by atoms with Gasteiger partial charge in [0, 0.05) is 48.1 Å². The highest BCUT2D eigenvalue weighted by molar-refractivity contribution is 6.31. The molecule has 0 saturated carbocycles. The molecule has 0 atom stereocenters. The first-order valence-electron chi connectivity index (χ1n) is 7.96. The quantitative estimate of drug-likeness (QED) is 0.918. The molecule has 122 valence electrons. The molecule has 4 rings (SSSR count). The van der Waals surface area contributed by atoms with E-state index in [1.165, 1.54) is 0 Å². The SMILES string of the molecule is O=C(Cc1c[nH]c2ccc(Cl)cc12)N1CCC2(CC1)OCCO2. The molecular formula is C17H19ClN2O3. The summed E-state index contributed by atoms with van der Waals surface area (Å²) in [5, 5.41) is 1.70. The molecular weight excluding hydrogens is 316 g/mol. The monoisotopic (exact) mass is 334 g/mol. The van der Waals surface area contributed by atoms with Crippen LogP contribution in [-0.4, -0.2) is 47.9 Å². The number of hydrogen-bond acceptors (Lipinski definition) is 3. The molecule has 2 aromatic rings. The molecule has 5 nitrogen and oxygen atoms in total. The van der Waals surface area contributed by atoms with E-state index in [-0.39, 0.29) is 5.91 Å². The van der Waals surface area contributed by atoms with Gasteiger partial charge >= 0.3 is 0 Å². The number of nitrogens with one attached hydrogen (secondary N) is 1. The van der Waals surface area contributed by atoms with Crippen LogP contribution in [0.15, 0.2) is 24.4 Å². The van der Waals surface area contributed by atoms with Crippen LogP contribution in [0.4, 0.5) is 0 Å². The number of benzene rings is 1. The molecule has 1 aromatic heterocycles. The predicted molar refractivity (Wildman–Crippen MR) is 87.5 cm³/mol. The molecule has 1 spiro atoms. The van der Waals surface area contributed by atoms with E-state index in [2.05, 4.69) is 4.98 Å². The molecule has 1 amide bonds. The Morgan fingerprint density at radius 2 is 2.00 bits per heavy atom. The Bertz CT molecular complexity index is 727. The molecule has 1 N–H and O–H groups in total. The summed E-state index contributed by atoms with van der Waals surface area (Å²) in [4.78, 5) is 17.7. The van der Waals surface area contributed by atoms with Gasteiger partial charge in [-0.3, -0.25) is 4.79 Å². The summed E-state index contributed by atoms with van der Waals surface area (Å²) in [5.41, 5.74) is 1.99. The van der Waals surface area contributed by atoms with Gasteiger partial charge in [0.15, 0.2) is 5.79 Å². The van der Waals surface area contributed by atoms with Crippen molar-refractivity contribution in [1.82, 2.24) is 9.88 Å². The summed E-state index contributed by atoms with van der Waals surface area (Å²) in [6.45, 7) is 2.68. The van der Waals surface area contributed by atoms with Crippen molar-refractivity contribution >= 4 is 28.4 Å². The summed E-state index contributed by atoms with van der Waals surface area (Å²) < 4.78 is 11.4. The predicted octanol–water partition coefficient (Wildman–Crippen LogP) is 2.73. The van der Waals surface area contributed by atoms with Gasteiger partial charge in [0.2, 0.25) is 5.91 Å². The standard InChI is InChI=1S/C17H19ClN2O3/c18-13-1-2-15-14(10-13)12(11-19-15)9-16(21)20-5-3-17(4-6-20)22-7-8-23-17/h1-2,10-11,19H,3-9H2. The first kappa shape index (κ1) is 15.0. The average molecular weight is 335 g/mol. The summed E-state index contributed by atoms with van der Waals surface area (Å²) in [5.74, 6) is -0.302. The number of H-pyrrole nitrogens is 1. The minimum atomic E-state index is -0.439. The van der Waals surface area contributed by atoms with Crippen LogP contribution in [0.5, 0.6) is 0 Å². The van der Waals surface area contributed by atoms with Crippen LogP contribution < -0.4 is 0 Å². The molecule has 6 heteroatoms. The Hall–Kier alpha value is -1.56. The molecule has 0 aliphatic carbocycles. The highest BCUT2D eigenvalue weighted by Crippen LogP contribution is 2.31. The van der Waals surface area contributed by atoms with Gasteiger partial charge in [0.05, 0.1) is 19.6 Å². The number of fused-ring (bicyclic) bond motifs is 1. The van der Waals surface area contributed by atoms with Crippen molar-refractivity contribution in [3.8, 4) is 0 Å². The number of ether oxygens (including phenoxy) is 2. The largest absolute Gasteiger partial charge is 0.361 e. The first-order chi connectivity index (χ1) is 11.2. The van der Waals surface area contributed by atoms with E-state index in [4.69, 9.17) is 21.1 Å². The van der Waals surface area contributed by atoms with Gasteiger partial charge in [-0.25, -0.2) is 0 Å². The van der Waals surface area contributed by atoms with Crippen molar-refractivity contribution in [3.63, 3.8) is 0 Å². The number of aromatic amines is 1. The maximum Gasteiger partial charge on any atom is 0.227 e. The van der Waals surface area contributed by atoms with E-state index in [0.29, 0.717) is 37.7 Å². The second-order valence-electron chi connectivity index (χ2n) is 6.17. The highest BCUT2D eigenvalue weighted by Gasteiger charge is 2.40. The lowest BCUT2D eigenvalue weighted by Gasteiger charge is -2.37. The van der Waals surface area contributed by atoms with Crippen LogP contribution >= 0.6 is 11.6 Å². The van der Waals surface area contributed by atoms with Crippen molar-refractivity contribution in [2.45, 2.75) is 25.0 Å². The fourth-order valence-corrected chi connectivity index (χ4v) is 3.63. The van der Waals surface area contributed by atoms with Gasteiger partial charge in [0.25, 0.3) is 0 Å². The lowest BCUT2D eigenvalue weighted by atomic mass is 10.0. The second-order valence-corrected chi connectivity index (χ2v) is 6.61. The molecule has 0 radical (unpaired) electrons. The summed E-state index contributed by atoms with van der Waals surface area (Å²) in [7, 11) is 0. The van der Waals surface area contributed by atoms with Crippen LogP contribution in [0.2, 0.25) is 5.02 Å². The summed E-state index contributed by atoms with van der Waals surface area (Å²) in [6.07, 6.45) is 3.78. The van der Waals surface area contributed by atoms with Crippen molar-refractivity contribution in [3.05, 3.63) is 35.0 Å². The van der Waals surface area contributed by atoms with E-state index < -0.39 is 5.79 Å². The number of nitrogens with zero attached hydrogens (tertiary/aromatic N) is 1. The van der Waals surface area contributed by atoms with E-state index in [0.717, 1.165) is 29.3 Å². The smallest absolute Gasteiger partial charge is 0.227 e. The molecule has 2 saturated heterocycles. The first-order valence-corrected chi connectivity index (χ1v) is 8.34. The van der Waals surface area contributed by atoms with Gasteiger partial charge in [-0.15, -0.1) is 0 Å². The van der Waals surface area contributed by atoms with E-state index in [1.807, 2.05) is 29.3 Å². The lowest BCUT2D eigenvalue weighted by molar-refractivity contribution is -0.187. The number of amides is 1. The van der Waals surface area contributed by atoms with Crippen LogP contribution in [0.1, 0.15) is 18.4 Å². The van der Waals surface area contributed by atoms with Gasteiger partial charge in [-0.2, -0.15) is 0 Å². The third-order valence-corrected chi connectivity index (χ3v) is 5.00. The molecule has 2 aliphatic rings. The van der Waals surface area contributed by atoms with Crippen LogP contribution in [0.25, 0.3) is 10.9 Å². The van der Waals surface area contributed by atoms with Crippen molar-refractivity contribution in [2.24, 2.45) is 0 Å². The van der Waals surface area contributed by atoms with Crippen molar-refractivity contribution in [2.75, 3.05) is 26.3 Å². The normalized spacial score (nSPS) is 20.5. The van der Waals surface area contributed by atoms with Crippen LogP contribution in [-0.2, 0) is 20.7 Å². The number of hydrogen-bond donors (Lipinski definition) is 1. The zero-order valence-corrected chi connectivity index (χ0v) is 13.6. The zero-order chi connectivity index (χ0) is 15.9. The number of carbonyl (C=O) groups is 1. The minimum Gasteiger partial charge on any atom is -0.361 e.